The highest BCUT2D eigenvalue weighted by molar-refractivity contribution is 7.99. The molecule has 28 heavy (non-hydrogen) atoms. The maximum atomic E-state index is 12.9. The van der Waals surface area contributed by atoms with Crippen LogP contribution in [0, 0.1) is 12.7 Å². The van der Waals surface area contributed by atoms with Crippen molar-refractivity contribution in [3.63, 3.8) is 0 Å². The first kappa shape index (κ1) is 20.4. The van der Waals surface area contributed by atoms with Gasteiger partial charge in [-0.2, -0.15) is 0 Å². The molecule has 0 aliphatic heterocycles. The molecule has 0 atom stereocenters. The molecule has 146 valence electrons. The van der Waals surface area contributed by atoms with Crippen LogP contribution in [-0.2, 0) is 4.79 Å². The summed E-state index contributed by atoms with van der Waals surface area (Å²) in [6.07, 6.45) is 1.16. The molecule has 0 saturated heterocycles. The fourth-order valence-corrected chi connectivity index (χ4v) is 4.31. The first-order valence-corrected chi connectivity index (χ1v) is 10.7. The molecule has 3 rings (SSSR count). The molecule has 1 aromatic heterocycles. The van der Waals surface area contributed by atoms with Crippen molar-refractivity contribution in [2.24, 2.45) is 0 Å². The number of anilines is 1. The number of ether oxygens (including phenoxy) is 1. The van der Waals surface area contributed by atoms with Gasteiger partial charge in [-0.15, -0.1) is 23.1 Å². The van der Waals surface area contributed by atoms with Gasteiger partial charge < -0.3 is 10.1 Å². The number of thiazole rings is 1. The van der Waals surface area contributed by atoms with Gasteiger partial charge >= 0.3 is 0 Å². The number of nitrogens with one attached hydrogen (secondary N) is 1. The summed E-state index contributed by atoms with van der Waals surface area (Å²) >= 11 is 3.08. The zero-order chi connectivity index (χ0) is 19.9. The third-order valence-corrected chi connectivity index (χ3v) is 6.02. The number of halogens is 1. The minimum Gasteiger partial charge on any atom is -0.497 e. The highest BCUT2D eigenvalue weighted by Crippen LogP contribution is 2.31. The number of aromatic nitrogens is 1. The number of thioether (sulfide) groups is 1. The molecule has 3 aromatic rings. The number of methoxy groups -OCH3 is 1. The second kappa shape index (κ2) is 9.71. The van der Waals surface area contributed by atoms with E-state index in [-0.39, 0.29) is 11.7 Å². The summed E-state index contributed by atoms with van der Waals surface area (Å²) in [5.41, 5.74) is 1.86. The first-order valence-electron chi connectivity index (χ1n) is 8.85. The molecule has 0 spiro atoms. The fraction of sp³-hybridized carbons (Fsp3) is 0.238. The number of nitrogens with zero attached hydrogens (tertiary/aromatic N) is 1. The van der Waals surface area contributed by atoms with Crippen molar-refractivity contribution < 1.29 is 13.9 Å². The molecule has 0 fully saturated rings. The molecule has 0 unspecified atom stereocenters. The zero-order valence-electron chi connectivity index (χ0n) is 15.7. The molecule has 0 saturated carbocycles. The summed E-state index contributed by atoms with van der Waals surface area (Å²) in [5, 5.41) is 3.50. The molecule has 7 heteroatoms. The minimum absolute atomic E-state index is 0.0465. The van der Waals surface area contributed by atoms with Crippen molar-refractivity contribution in [2.75, 3.05) is 18.2 Å². The second-order valence-electron chi connectivity index (χ2n) is 6.11. The molecule has 0 aliphatic rings. The number of carbonyl (C=O) groups is 1. The van der Waals surface area contributed by atoms with Crippen molar-refractivity contribution in [3.8, 4) is 17.0 Å². The van der Waals surface area contributed by atoms with Crippen LogP contribution in [0.5, 0.6) is 5.75 Å². The van der Waals surface area contributed by atoms with Gasteiger partial charge in [0.2, 0.25) is 5.91 Å². The van der Waals surface area contributed by atoms with Crippen LogP contribution in [0.4, 0.5) is 9.52 Å². The molecule has 4 nitrogen and oxygen atoms in total. The van der Waals surface area contributed by atoms with E-state index in [2.05, 4.69) is 10.3 Å². The van der Waals surface area contributed by atoms with Crippen LogP contribution in [-0.4, -0.2) is 23.8 Å². The Balaban J connectivity index is 1.49. The number of aryl methyl sites for hydroxylation is 1. The molecule has 1 N–H and O–H groups in total. The number of rotatable bonds is 8. The lowest BCUT2D eigenvalue weighted by Gasteiger charge is -2.03. The Morgan fingerprint density at radius 3 is 2.57 bits per heavy atom. The normalized spacial score (nSPS) is 10.7. The SMILES string of the molecule is COc1ccc(-c2nc(NC(=O)CCCSc3ccc(F)cc3)sc2C)cc1. The molecular formula is C21H21FN2O2S2. The van der Waals surface area contributed by atoms with Gasteiger partial charge in [-0.25, -0.2) is 9.37 Å². The predicted molar refractivity (Wildman–Crippen MR) is 114 cm³/mol. The van der Waals surface area contributed by atoms with Crippen LogP contribution in [0.25, 0.3) is 11.3 Å². The summed E-state index contributed by atoms with van der Waals surface area (Å²) in [6.45, 7) is 1.99. The van der Waals surface area contributed by atoms with E-state index in [1.165, 1.54) is 23.5 Å². The van der Waals surface area contributed by atoms with Crippen LogP contribution in [0.1, 0.15) is 17.7 Å². The summed E-state index contributed by atoms with van der Waals surface area (Å²) in [4.78, 5) is 18.8. The number of benzene rings is 2. The summed E-state index contributed by atoms with van der Waals surface area (Å²) in [5.74, 6) is 1.31. The molecule has 1 heterocycles. The average Bonchev–Trinajstić information content (AvgIpc) is 3.06. The van der Waals surface area contributed by atoms with E-state index in [9.17, 15) is 9.18 Å². The summed E-state index contributed by atoms with van der Waals surface area (Å²) in [6, 6.07) is 14.1. The fourth-order valence-electron chi connectivity index (χ4n) is 2.60. The Hall–Kier alpha value is -2.38. The first-order chi connectivity index (χ1) is 13.5. The topological polar surface area (TPSA) is 51.2 Å². The molecule has 1 amide bonds. The molecule has 0 radical (unpaired) electrons. The monoisotopic (exact) mass is 416 g/mol. The Morgan fingerprint density at radius 2 is 1.89 bits per heavy atom. The lowest BCUT2D eigenvalue weighted by atomic mass is 10.1. The van der Waals surface area contributed by atoms with Gasteiger partial charge in [0.1, 0.15) is 11.6 Å². The van der Waals surface area contributed by atoms with Crippen LogP contribution < -0.4 is 10.1 Å². The summed E-state index contributed by atoms with van der Waals surface area (Å²) < 4.78 is 18.1. The van der Waals surface area contributed by atoms with E-state index in [0.29, 0.717) is 11.6 Å². The van der Waals surface area contributed by atoms with Gasteiger partial charge in [0.15, 0.2) is 5.13 Å². The minimum atomic E-state index is -0.239. The predicted octanol–water partition coefficient (Wildman–Crippen LogP) is 5.78. The zero-order valence-corrected chi connectivity index (χ0v) is 17.3. The smallest absolute Gasteiger partial charge is 0.226 e. The third-order valence-electron chi connectivity index (χ3n) is 4.04. The van der Waals surface area contributed by atoms with Crippen molar-refractivity contribution in [2.45, 2.75) is 24.7 Å². The number of carbonyl (C=O) groups excluding carboxylic acids is 1. The molecule has 0 bridgehead atoms. The van der Waals surface area contributed by atoms with Gasteiger partial charge in [0, 0.05) is 21.8 Å². The van der Waals surface area contributed by atoms with Gasteiger partial charge in [-0.3, -0.25) is 4.79 Å². The highest BCUT2D eigenvalue weighted by atomic mass is 32.2. The number of hydrogen-bond acceptors (Lipinski definition) is 5. The number of amides is 1. The second-order valence-corrected chi connectivity index (χ2v) is 8.48. The Bertz CT molecular complexity index is 925. The lowest BCUT2D eigenvalue weighted by molar-refractivity contribution is -0.116. The van der Waals surface area contributed by atoms with E-state index in [4.69, 9.17) is 4.74 Å². The van der Waals surface area contributed by atoms with Crippen molar-refractivity contribution in [1.29, 1.82) is 0 Å². The van der Waals surface area contributed by atoms with Crippen LogP contribution in [0.3, 0.4) is 0 Å². The molecular weight excluding hydrogens is 395 g/mol. The highest BCUT2D eigenvalue weighted by Gasteiger charge is 2.12. The van der Waals surface area contributed by atoms with E-state index < -0.39 is 0 Å². The average molecular weight is 417 g/mol. The third kappa shape index (κ3) is 5.56. The quantitative estimate of drug-likeness (QED) is 0.374. The largest absolute Gasteiger partial charge is 0.497 e. The Morgan fingerprint density at radius 1 is 1.18 bits per heavy atom. The van der Waals surface area contributed by atoms with Crippen LogP contribution in [0.2, 0.25) is 0 Å². The van der Waals surface area contributed by atoms with E-state index in [1.807, 2.05) is 31.2 Å². The van der Waals surface area contributed by atoms with Gasteiger partial charge in [-0.1, -0.05) is 0 Å². The standard InChI is InChI=1S/C21H21FN2O2S2/c1-14-20(15-5-9-17(26-2)10-6-15)24-21(28-14)23-19(25)4-3-13-27-18-11-7-16(22)8-12-18/h5-12H,3-4,13H2,1-2H3,(H,23,24,25). The van der Waals surface area contributed by atoms with E-state index in [1.54, 1.807) is 31.0 Å². The Kier molecular flexibility index (Phi) is 7.06. The van der Waals surface area contributed by atoms with Crippen molar-refractivity contribution in [3.05, 3.63) is 59.2 Å². The van der Waals surface area contributed by atoms with Crippen LogP contribution >= 0.6 is 23.1 Å². The maximum absolute atomic E-state index is 12.9. The van der Waals surface area contributed by atoms with Gasteiger partial charge in [-0.05, 0) is 67.6 Å². The summed E-state index contributed by atoms with van der Waals surface area (Å²) in [7, 11) is 1.63. The number of hydrogen-bond donors (Lipinski definition) is 1. The van der Waals surface area contributed by atoms with Crippen molar-refractivity contribution >= 4 is 34.1 Å². The van der Waals surface area contributed by atoms with Gasteiger partial charge in [0.25, 0.3) is 0 Å². The molecule has 2 aromatic carbocycles. The van der Waals surface area contributed by atoms with Gasteiger partial charge in [0.05, 0.1) is 12.8 Å². The Labute approximate surface area is 172 Å². The molecule has 0 aliphatic carbocycles. The van der Waals surface area contributed by atoms with Crippen LogP contribution in [0.15, 0.2) is 53.4 Å². The lowest BCUT2D eigenvalue weighted by Crippen LogP contribution is -2.11. The van der Waals surface area contributed by atoms with Crippen molar-refractivity contribution in [1.82, 2.24) is 4.98 Å². The van der Waals surface area contributed by atoms with E-state index in [0.717, 1.165) is 39.0 Å². The van der Waals surface area contributed by atoms with E-state index >= 15 is 0 Å². The maximum Gasteiger partial charge on any atom is 0.226 e.